The highest BCUT2D eigenvalue weighted by Gasteiger charge is 2.11. The largest absolute Gasteiger partial charge is 0.497 e. The number of rotatable bonds is 6. The molecule has 0 radical (unpaired) electrons. The zero-order chi connectivity index (χ0) is 20.2. The SMILES string of the molecule is CCNC(=O)c1cncc(/C=C/c2cn[nH]c2-c2nc3ccc(OC)cc3[nH]2)c1. The summed E-state index contributed by atoms with van der Waals surface area (Å²) in [6, 6.07) is 7.46. The Morgan fingerprint density at radius 3 is 2.93 bits per heavy atom. The molecular formula is C21H20N6O2. The van der Waals surface area contributed by atoms with E-state index in [9.17, 15) is 4.79 Å². The summed E-state index contributed by atoms with van der Waals surface area (Å²) in [5.41, 5.74) is 4.68. The number of nitrogens with one attached hydrogen (secondary N) is 3. The summed E-state index contributed by atoms with van der Waals surface area (Å²) < 4.78 is 5.26. The predicted octanol–water partition coefficient (Wildman–Crippen LogP) is 3.28. The molecule has 1 aromatic carbocycles. The van der Waals surface area contributed by atoms with E-state index >= 15 is 0 Å². The molecule has 0 unspecified atom stereocenters. The number of hydrogen-bond acceptors (Lipinski definition) is 5. The van der Waals surface area contributed by atoms with Crippen LogP contribution in [0.15, 0.2) is 42.9 Å². The van der Waals surface area contributed by atoms with Gasteiger partial charge >= 0.3 is 0 Å². The summed E-state index contributed by atoms with van der Waals surface area (Å²) in [6.45, 7) is 2.45. The molecule has 3 N–H and O–H groups in total. The average Bonchev–Trinajstić information content (AvgIpc) is 3.38. The van der Waals surface area contributed by atoms with Crippen molar-refractivity contribution in [3.8, 4) is 17.3 Å². The number of pyridine rings is 1. The summed E-state index contributed by atoms with van der Waals surface area (Å²) >= 11 is 0. The van der Waals surface area contributed by atoms with Crippen LogP contribution in [0.2, 0.25) is 0 Å². The van der Waals surface area contributed by atoms with E-state index in [1.165, 1.54) is 0 Å². The molecule has 4 aromatic rings. The first kappa shape index (κ1) is 18.4. The Balaban J connectivity index is 1.62. The molecule has 0 spiro atoms. The predicted molar refractivity (Wildman–Crippen MR) is 111 cm³/mol. The average molecular weight is 388 g/mol. The third-order valence-corrected chi connectivity index (χ3v) is 4.41. The van der Waals surface area contributed by atoms with Crippen molar-refractivity contribution in [3.05, 3.63) is 59.5 Å². The molecule has 0 aliphatic heterocycles. The maximum Gasteiger partial charge on any atom is 0.252 e. The van der Waals surface area contributed by atoms with Gasteiger partial charge in [-0.2, -0.15) is 5.10 Å². The van der Waals surface area contributed by atoms with Crippen LogP contribution >= 0.6 is 0 Å². The van der Waals surface area contributed by atoms with E-state index in [0.717, 1.165) is 33.6 Å². The van der Waals surface area contributed by atoms with Crippen molar-refractivity contribution in [1.29, 1.82) is 0 Å². The maximum absolute atomic E-state index is 12.0. The van der Waals surface area contributed by atoms with Gasteiger partial charge in [0, 0.05) is 30.6 Å². The zero-order valence-electron chi connectivity index (χ0n) is 16.1. The standard InChI is InChI=1S/C21H20N6O2/c1-3-23-21(28)15-8-13(10-22-11-15)4-5-14-12-24-27-19(14)20-25-17-7-6-16(29-2)9-18(17)26-20/h4-12H,3H2,1-2H3,(H,23,28)(H,24,27)(H,25,26)/b5-4+. The lowest BCUT2D eigenvalue weighted by Crippen LogP contribution is -2.22. The molecule has 0 saturated carbocycles. The van der Waals surface area contributed by atoms with Crippen LogP contribution in [0.3, 0.4) is 0 Å². The normalized spacial score (nSPS) is 11.2. The van der Waals surface area contributed by atoms with Crippen LogP contribution in [0.25, 0.3) is 34.7 Å². The second kappa shape index (κ2) is 7.97. The highest BCUT2D eigenvalue weighted by molar-refractivity contribution is 5.94. The minimum Gasteiger partial charge on any atom is -0.497 e. The summed E-state index contributed by atoms with van der Waals surface area (Å²) in [7, 11) is 1.63. The van der Waals surface area contributed by atoms with Gasteiger partial charge in [-0.25, -0.2) is 4.98 Å². The van der Waals surface area contributed by atoms with E-state index in [4.69, 9.17) is 4.74 Å². The molecule has 0 aliphatic carbocycles. The number of H-pyrrole nitrogens is 2. The van der Waals surface area contributed by atoms with Gasteiger partial charge in [0.25, 0.3) is 5.91 Å². The molecule has 0 bridgehead atoms. The Kier molecular flexibility index (Phi) is 5.07. The smallest absolute Gasteiger partial charge is 0.252 e. The molecule has 3 aromatic heterocycles. The highest BCUT2D eigenvalue weighted by Crippen LogP contribution is 2.25. The van der Waals surface area contributed by atoms with Crippen LogP contribution < -0.4 is 10.1 Å². The Bertz CT molecular complexity index is 1190. The van der Waals surface area contributed by atoms with Crippen LogP contribution in [-0.2, 0) is 0 Å². The summed E-state index contributed by atoms with van der Waals surface area (Å²) in [5, 5.41) is 9.90. The Morgan fingerprint density at radius 1 is 1.21 bits per heavy atom. The van der Waals surface area contributed by atoms with Crippen molar-refractivity contribution in [2.45, 2.75) is 6.92 Å². The van der Waals surface area contributed by atoms with Gasteiger partial charge in [-0.05, 0) is 30.7 Å². The topological polar surface area (TPSA) is 109 Å². The third kappa shape index (κ3) is 3.86. The number of imidazole rings is 1. The minimum absolute atomic E-state index is 0.142. The van der Waals surface area contributed by atoms with Crippen LogP contribution in [-0.4, -0.2) is 44.7 Å². The number of hydrogen-bond donors (Lipinski definition) is 3. The molecule has 8 nitrogen and oxygen atoms in total. The molecule has 146 valence electrons. The monoisotopic (exact) mass is 388 g/mol. The second-order valence-electron chi connectivity index (χ2n) is 6.37. The zero-order valence-corrected chi connectivity index (χ0v) is 16.1. The lowest BCUT2D eigenvalue weighted by Gasteiger charge is -2.02. The second-order valence-corrected chi connectivity index (χ2v) is 6.37. The summed E-state index contributed by atoms with van der Waals surface area (Å²) in [4.78, 5) is 24.0. The van der Waals surface area contributed by atoms with E-state index in [0.29, 0.717) is 17.9 Å². The van der Waals surface area contributed by atoms with Crippen LogP contribution in [0.5, 0.6) is 5.75 Å². The van der Waals surface area contributed by atoms with E-state index in [-0.39, 0.29) is 5.91 Å². The number of nitrogens with zero attached hydrogens (tertiary/aromatic N) is 3. The number of amides is 1. The number of methoxy groups -OCH3 is 1. The molecule has 0 fully saturated rings. The van der Waals surface area contributed by atoms with Crippen LogP contribution in [0, 0.1) is 0 Å². The molecular weight excluding hydrogens is 368 g/mol. The third-order valence-electron chi connectivity index (χ3n) is 4.41. The molecule has 4 rings (SSSR count). The fraction of sp³-hybridized carbons (Fsp3) is 0.143. The van der Waals surface area contributed by atoms with Crippen molar-refractivity contribution < 1.29 is 9.53 Å². The molecule has 0 atom stereocenters. The molecule has 0 saturated heterocycles. The van der Waals surface area contributed by atoms with Gasteiger partial charge < -0.3 is 15.0 Å². The molecule has 3 heterocycles. The fourth-order valence-corrected chi connectivity index (χ4v) is 2.97. The van der Waals surface area contributed by atoms with Gasteiger partial charge in [-0.3, -0.25) is 14.9 Å². The fourth-order valence-electron chi connectivity index (χ4n) is 2.97. The number of aromatic amines is 2. The number of carbonyl (C=O) groups excluding carboxylic acids is 1. The van der Waals surface area contributed by atoms with Gasteiger partial charge in [0.1, 0.15) is 11.4 Å². The van der Waals surface area contributed by atoms with Crippen LogP contribution in [0.4, 0.5) is 0 Å². The number of aromatic nitrogens is 5. The van der Waals surface area contributed by atoms with Crippen molar-refractivity contribution in [3.63, 3.8) is 0 Å². The van der Waals surface area contributed by atoms with Gasteiger partial charge in [-0.1, -0.05) is 12.2 Å². The summed E-state index contributed by atoms with van der Waals surface area (Å²) in [6.07, 6.45) is 8.77. The molecule has 29 heavy (non-hydrogen) atoms. The Morgan fingerprint density at radius 2 is 2.10 bits per heavy atom. The maximum atomic E-state index is 12.0. The van der Waals surface area contributed by atoms with E-state index in [2.05, 4.69) is 30.5 Å². The van der Waals surface area contributed by atoms with Crippen molar-refractivity contribution >= 4 is 29.1 Å². The van der Waals surface area contributed by atoms with Crippen LogP contribution in [0.1, 0.15) is 28.4 Å². The lowest BCUT2D eigenvalue weighted by atomic mass is 10.1. The highest BCUT2D eigenvalue weighted by atomic mass is 16.5. The van der Waals surface area contributed by atoms with Gasteiger partial charge in [-0.15, -0.1) is 0 Å². The lowest BCUT2D eigenvalue weighted by molar-refractivity contribution is 0.0955. The summed E-state index contributed by atoms with van der Waals surface area (Å²) in [5.74, 6) is 1.30. The van der Waals surface area contributed by atoms with E-state index in [1.807, 2.05) is 37.3 Å². The first-order chi connectivity index (χ1) is 14.2. The van der Waals surface area contributed by atoms with E-state index < -0.39 is 0 Å². The van der Waals surface area contributed by atoms with Crippen molar-refractivity contribution in [1.82, 2.24) is 30.5 Å². The number of carbonyl (C=O) groups is 1. The first-order valence-corrected chi connectivity index (χ1v) is 9.16. The number of ether oxygens (including phenoxy) is 1. The number of fused-ring (bicyclic) bond motifs is 1. The first-order valence-electron chi connectivity index (χ1n) is 9.16. The minimum atomic E-state index is -0.142. The Hall–Kier alpha value is -3.94. The van der Waals surface area contributed by atoms with Gasteiger partial charge in [0.2, 0.25) is 0 Å². The van der Waals surface area contributed by atoms with E-state index in [1.54, 1.807) is 31.8 Å². The molecule has 0 aliphatic rings. The Labute approximate surface area is 167 Å². The van der Waals surface area contributed by atoms with Crippen molar-refractivity contribution in [2.24, 2.45) is 0 Å². The van der Waals surface area contributed by atoms with Crippen molar-refractivity contribution in [2.75, 3.05) is 13.7 Å². The van der Waals surface area contributed by atoms with Gasteiger partial charge in [0.15, 0.2) is 5.82 Å². The molecule has 8 heteroatoms. The number of benzene rings is 1. The van der Waals surface area contributed by atoms with Gasteiger partial charge in [0.05, 0.1) is 29.9 Å². The molecule has 1 amide bonds. The quantitative estimate of drug-likeness (QED) is 0.470.